The molecule has 5 unspecified atom stereocenters. The quantitative estimate of drug-likeness (QED) is 0.291. The fourth-order valence-corrected chi connectivity index (χ4v) is 10.9. The second kappa shape index (κ2) is 12.5. The SMILES string of the molecule is C1=CCC(C2CC=CCC2)C(C2=C3CCC=CC3=C(C3=CCC([C@@H]4CCC(C5C=NCC5)C5=C4CCCC5)CC3)CC2)=C1. The third-order valence-electron chi connectivity index (χ3n) is 13.0. The van der Waals surface area contributed by atoms with E-state index < -0.39 is 0 Å². The van der Waals surface area contributed by atoms with Gasteiger partial charge in [-0.25, -0.2) is 0 Å². The molecule has 6 atom stereocenters. The number of hydrogen-bond donors (Lipinski definition) is 0. The third kappa shape index (κ3) is 5.42. The van der Waals surface area contributed by atoms with Gasteiger partial charge in [0.2, 0.25) is 0 Å². The van der Waals surface area contributed by atoms with Crippen molar-refractivity contribution in [1.82, 2.24) is 0 Å². The van der Waals surface area contributed by atoms with Crippen molar-refractivity contribution in [3.8, 4) is 0 Å². The summed E-state index contributed by atoms with van der Waals surface area (Å²) in [7, 11) is 0. The average molecular weight is 572 g/mol. The molecule has 43 heavy (non-hydrogen) atoms. The molecule has 7 aliphatic carbocycles. The number of allylic oxidation sites excluding steroid dienone is 16. The lowest BCUT2D eigenvalue weighted by atomic mass is 9.62. The van der Waals surface area contributed by atoms with Crippen LogP contribution in [0.1, 0.15) is 116 Å². The summed E-state index contributed by atoms with van der Waals surface area (Å²) in [6.45, 7) is 1.07. The Hall–Kier alpha value is -2.41. The first-order valence-electron chi connectivity index (χ1n) is 18.4. The summed E-state index contributed by atoms with van der Waals surface area (Å²) in [5, 5.41) is 0. The highest BCUT2D eigenvalue weighted by Gasteiger charge is 2.39. The maximum absolute atomic E-state index is 4.65. The van der Waals surface area contributed by atoms with Crippen LogP contribution in [0.2, 0.25) is 0 Å². The molecule has 8 aliphatic rings. The average Bonchev–Trinajstić information content (AvgIpc) is 3.63. The monoisotopic (exact) mass is 571 g/mol. The van der Waals surface area contributed by atoms with E-state index in [4.69, 9.17) is 0 Å². The first-order valence-corrected chi connectivity index (χ1v) is 18.4. The molecule has 0 aromatic carbocycles. The summed E-state index contributed by atoms with van der Waals surface area (Å²) in [6.07, 6.45) is 46.2. The molecule has 0 saturated heterocycles. The summed E-state index contributed by atoms with van der Waals surface area (Å²) in [5.74, 6) is 4.84. The topological polar surface area (TPSA) is 12.4 Å². The standard InChI is InChI=1S/C42H53N/c1-2-10-29(11-3-1)33-12-4-5-13-37(33)42-25-24-35(39-15-8-9-17-41(39)42)31-20-18-30(19-21-31)34-22-23-36(32-26-27-43-28-32)40-16-7-6-14-38(34)40/h1-2,4-5,8,13,15,20,28-30,32-34,36H,3,6-7,9-12,14,16-19,21-27H2/t29?,30?,32?,33?,34-,36?/m0/s1. The van der Waals surface area contributed by atoms with E-state index in [1.165, 1.54) is 116 Å². The predicted molar refractivity (Wildman–Crippen MR) is 182 cm³/mol. The lowest BCUT2D eigenvalue weighted by Gasteiger charge is -2.43. The molecule has 0 bridgehead atoms. The van der Waals surface area contributed by atoms with E-state index in [9.17, 15) is 0 Å². The van der Waals surface area contributed by atoms with Gasteiger partial charge in [-0.2, -0.15) is 0 Å². The number of aliphatic imine (C=N–C) groups is 1. The Balaban J connectivity index is 1.04. The van der Waals surface area contributed by atoms with Crippen LogP contribution in [0.15, 0.2) is 98.2 Å². The molecule has 0 spiro atoms. The highest BCUT2D eigenvalue weighted by atomic mass is 14.7. The van der Waals surface area contributed by atoms with Crippen LogP contribution in [0.3, 0.4) is 0 Å². The van der Waals surface area contributed by atoms with E-state index in [1.807, 2.05) is 11.1 Å². The summed E-state index contributed by atoms with van der Waals surface area (Å²) in [5.41, 5.74) is 14.1. The van der Waals surface area contributed by atoms with Crippen molar-refractivity contribution in [2.45, 2.75) is 116 Å². The van der Waals surface area contributed by atoms with Gasteiger partial charge in [0.25, 0.3) is 0 Å². The molecule has 1 aliphatic heterocycles. The molecule has 1 heterocycles. The molecule has 0 aromatic rings. The Morgan fingerprint density at radius 2 is 1.47 bits per heavy atom. The first-order chi connectivity index (χ1) is 21.3. The second-order valence-corrected chi connectivity index (χ2v) is 15.0. The van der Waals surface area contributed by atoms with Crippen molar-refractivity contribution in [2.24, 2.45) is 40.5 Å². The van der Waals surface area contributed by atoms with Gasteiger partial charge < -0.3 is 0 Å². The molecule has 1 heteroatoms. The van der Waals surface area contributed by atoms with Crippen molar-refractivity contribution < 1.29 is 0 Å². The summed E-state index contributed by atoms with van der Waals surface area (Å²) < 4.78 is 0. The van der Waals surface area contributed by atoms with Crippen molar-refractivity contribution in [2.75, 3.05) is 6.54 Å². The number of rotatable bonds is 5. The predicted octanol–water partition coefficient (Wildman–Crippen LogP) is 11.3. The van der Waals surface area contributed by atoms with E-state index in [1.54, 1.807) is 33.4 Å². The van der Waals surface area contributed by atoms with E-state index >= 15 is 0 Å². The van der Waals surface area contributed by atoms with E-state index in [-0.39, 0.29) is 0 Å². The third-order valence-corrected chi connectivity index (χ3v) is 13.0. The number of fused-ring (bicyclic) bond motifs is 1. The molecule has 8 rings (SSSR count). The first kappa shape index (κ1) is 28.1. The maximum Gasteiger partial charge on any atom is 0.0391 e. The van der Waals surface area contributed by atoms with Crippen LogP contribution in [0.25, 0.3) is 0 Å². The molecule has 226 valence electrons. The normalized spacial score (nSPS) is 36.1. The Morgan fingerprint density at radius 3 is 2.28 bits per heavy atom. The minimum Gasteiger partial charge on any atom is -0.297 e. The van der Waals surface area contributed by atoms with Gasteiger partial charge in [-0.3, -0.25) is 4.99 Å². The fraction of sp³-hybridized carbons (Fsp3) is 0.595. The van der Waals surface area contributed by atoms with E-state index in [0.717, 1.165) is 42.1 Å². The van der Waals surface area contributed by atoms with Crippen LogP contribution in [-0.2, 0) is 0 Å². The zero-order valence-corrected chi connectivity index (χ0v) is 26.5. The van der Waals surface area contributed by atoms with Crippen molar-refractivity contribution in [3.05, 3.63) is 93.2 Å². The molecule has 0 fully saturated rings. The van der Waals surface area contributed by atoms with Crippen LogP contribution in [0.4, 0.5) is 0 Å². The van der Waals surface area contributed by atoms with Gasteiger partial charge in [-0.15, -0.1) is 0 Å². The van der Waals surface area contributed by atoms with Gasteiger partial charge in [-0.05, 0) is 179 Å². The van der Waals surface area contributed by atoms with Crippen LogP contribution in [-0.4, -0.2) is 12.8 Å². The molecule has 1 nitrogen and oxygen atoms in total. The minimum atomic E-state index is 0.718. The minimum absolute atomic E-state index is 0.718. The van der Waals surface area contributed by atoms with Crippen molar-refractivity contribution in [3.63, 3.8) is 0 Å². The molecule has 0 N–H and O–H groups in total. The van der Waals surface area contributed by atoms with Gasteiger partial charge in [0, 0.05) is 18.7 Å². The molecule has 0 amide bonds. The smallest absolute Gasteiger partial charge is 0.0391 e. The van der Waals surface area contributed by atoms with Crippen molar-refractivity contribution in [1.29, 1.82) is 0 Å². The Kier molecular flexibility index (Phi) is 8.19. The second-order valence-electron chi connectivity index (χ2n) is 15.0. The highest BCUT2D eigenvalue weighted by Crippen LogP contribution is 2.52. The van der Waals surface area contributed by atoms with Gasteiger partial charge in [-0.1, -0.05) is 59.8 Å². The Bertz CT molecular complexity index is 1380. The van der Waals surface area contributed by atoms with E-state index in [0.29, 0.717) is 0 Å². The summed E-state index contributed by atoms with van der Waals surface area (Å²) >= 11 is 0. The molecular formula is C42H53N. The van der Waals surface area contributed by atoms with Gasteiger partial charge >= 0.3 is 0 Å². The Labute approximate surface area is 261 Å². The zero-order valence-electron chi connectivity index (χ0n) is 26.5. The number of hydrogen-bond acceptors (Lipinski definition) is 1. The molecule has 0 radical (unpaired) electrons. The fourth-order valence-electron chi connectivity index (χ4n) is 10.9. The van der Waals surface area contributed by atoms with Crippen LogP contribution >= 0.6 is 0 Å². The molecule has 0 aromatic heterocycles. The number of nitrogens with zero attached hydrogens (tertiary/aromatic N) is 1. The lowest BCUT2D eigenvalue weighted by Crippen LogP contribution is -2.31. The van der Waals surface area contributed by atoms with E-state index in [2.05, 4.69) is 59.8 Å². The molecular weight excluding hydrogens is 518 g/mol. The van der Waals surface area contributed by atoms with Gasteiger partial charge in [0.15, 0.2) is 0 Å². The van der Waals surface area contributed by atoms with Crippen LogP contribution < -0.4 is 0 Å². The van der Waals surface area contributed by atoms with Crippen molar-refractivity contribution >= 4 is 6.21 Å². The Morgan fingerprint density at radius 1 is 0.605 bits per heavy atom. The van der Waals surface area contributed by atoms with Gasteiger partial charge in [0.05, 0.1) is 0 Å². The van der Waals surface area contributed by atoms with Crippen LogP contribution in [0, 0.1) is 35.5 Å². The van der Waals surface area contributed by atoms with Gasteiger partial charge in [0.1, 0.15) is 0 Å². The summed E-state index contributed by atoms with van der Waals surface area (Å²) in [6, 6.07) is 0. The largest absolute Gasteiger partial charge is 0.297 e. The van der Waals surface area contributed by atoms with Crippen LogP contribution in [0.5, 0.6) is 0 Å². The molecule has 0 saturated carbocycles. The maximum atomic E-state index is 4.65. The zero-order chi connectivity index (χ0) is 28.6. The summed E-state index contributed by atoms with van der Waals surface area (Å²) in [4.78, 5) is 4.65. The highest BCUT2D eigenvalue weighted by molar-refractivity contribution is 5.64. The lowest BCUT2D eigenvalue weighted by molar-refractivity contribution is 0.253.